The zero-order chi connectivity index (χ0) is 14.7. The van der Waals surface area contributed by atoms with Crippen LogP contribution in [0.5, 0.6) is 5.75 Å². The van der Waals surface area contributed by atoms with Gasteiger partial charge in [-0.25, -0.2) is 0 Å². The molecule has 2 aromatic carbocycles. The Kier molecular flexibility index (Phi) is 3.83. The Hall–Kier alpha value is -2.02. The summed E-state index contributed by atoms with van der Waals surface area (Å²) in [6.45, 7) is 2.37. The molecule has 0 spiro atoms. The zero-order valence-electron chi connectivity index (χ0n) is 12.8. The minimum Gasteiger partial charge on any atom is -0.497 e. The second-order valence-corrected chi connectivity index (χ2v) is 6.09. The molecule has 1 atom stereocenters. The van der Waals surface area contributed by atoms with Crippen molar-refractivity contribution in [2.24, 2.45) is 0 Å². The molecule has 0 saturated heterocycles. The molecule has 0 bridgehead atoms. The van der Waals surface area contributed by atoms with E-state index in [2.05, 4.69) is 67.6 Å². The Bertz CT molecular complexity index is 625. The summed E-state index contributed by atoms with van der Waals surface area (Å²) < 4.78 is 5.25. The van der Waals surface area contributed by atoms with E-state index in [0.717, 1.165) is 18.6 Å². The van der Waals surface area contributed by atoms with Gasteiger partial charge in [-0.05, 0) is 53.5 Å². The number of methoxy groups -OCH3 is 1. The maximum absolute atomic E-state index is 5.25. The van der Waals surface area contributed by atoms with Crippen LogP contribution >= 0.6 is 0 Å². The highest BCUT2D eigenvalue weighted by Gasteiger charge is 2.29. The van der Waals surface area contributed by atoms with E-state index in [1.807, 2.05) is 0 Å². The van der Waals surface area contributed by atoms with Gasteiger partial charge in [-0.15, -0.1) is 0 Å². The van der Waals surface area contributed by atoms with Gasteiger partial charge < -0.3 is 4.74 Å². The molecule has 3 rings (SSSR count). The fourth-order valence-electron chi connectivity index (χ4n) is 3.13. The third-order valence-electron chi connectivity index (χ3n) is 4.68. The molecular weight excluding hydrogens is 256 g/mol. The normalized spacial score (nSPS) is 21.7. The van der Waals surface area contributed by atoms with E-state index in [9.17, 15) is 0 Å². The van der Waals surface area contributed by atoms with Crippen molar-refractivity contribution in [2.75, 3.05) is 7.11 Å². The summed E-state index contributed by atoms with van der Waals surface area (Å²) in [5.74, 6) is 0.929. The second kappa shape index (κ2) is 5.77. The summed E-state index contributed by atoms with van der Waals surface area (Å²) in [7, 11) is 1.71. The molecule has 1 aliphatic carbocycles. The third-order valence-corrected chi connectivity index (χ3v) is 4.68. The highest BCUT2D eigenvalue weighted by molar-refractivity contribution is 5.66. The molecule has 1 heteroatoms. The van der Waals surface area contributed by atoms with E-state index in [0.29, 0.717) is 0 Å². The lowest BCUT2D eigenvalue weighted by atomic mass is 9.71. The molecule has 21 heavy (non-hydrogen) atoms. The van der Waals surface area contributed by atoms with Crippen LogP contribution in [0.3, 0.4) is 0 Å². The number of ether oxygens (including phenoxy) is 1. The van der Waals surface area contributed by atoms with Crippen LogP contribution < -0.4 is 4.74 Å². The summed E-state index contributed by atoms with van der Waals surface area (Å²) in [5, 5.41) is 0. The molecule has 1 nitrogen and oxygen atoms in total. The van der Waals surface area contributed by atoms with Crippen LogP contribution in [0.2, 0.25) is 0 Å². The fraction of sp³-hybridized carbons (Fsp3) is 0.300. The van der Waals surface area contributed by atoms with Gasteiger partial charge >= 0.3 is 0 Å². The van der Waals surface area contributed by atoms with E-state index in [4.69, 9.17) is 4.74 Å². The number of benzene rings is 2. The minimum absolute atomic E-state index is 0.241. The molecule has 0 saturated carbocycles. The maximum atomic E-state index is 5.25. The molecule has 1 unspecified atom stereocenters. The van der Waals surface area contributed by atoms with Crippen LogP contribution in [0, 0.1) is 0 Å². The SMILES string of the molecule is COc1ccc(C2(C)CC=C(c3ccccc3)CC2)cc1. The Balaban J connectivity index is 1.81. The first kappa shape index (κ1) is 13.9. The first-order valence-corrected chi connectivity index (χ1v) is 7.60. The Labute approximate surface area is 127 Å². The van der Waals surface area contributed by atoms with Crippen LogP contribution in [0.15, 0.2) is 60.7 Å². The summed E-state index contributed by atoms with van der Waals surface area (Å²) in [6, 6.07) is 19.3. The number of rotatable bonds is 3. The molecule has 0 aliphatic heterocycles. The lowest BCUT2D eigenvalue weighted by Crippen LogP contribution is -2.24. The van der Waals surface area contributed by atoms with Gasteiger partial charge in [0.2, 0.25) is 0 Å². The van der Waals surface area contributed by atoms with Crippen LogP contribution in [0.1, 0.15) is 37.3 Å². The van der Waals surface area contributed by atoms with Gasteiger partial charge in [0, 0.05) is 0 Å². The standard InChI is InChI=1S/C20H22O/c1-20(18-8-10-19(21-2)11-9-18)14-12-17(13-15-20)16-6-4-3-5-7-16/h3-12H,13-15H2,1-2H3. The first-order chi connectivity index (χ1) is 10.2. The summed E-state index contributed by atoms with van der Waals surface area (Å²) in [4.78, 5) is 0. The second-order valence-electron chi connectivity index (χ2n) is 6.09. The van der Waals surface area contributed by atoms with Crippen molar-refractivity contribution in [3.8, 4) is 5.75 Å². The third kappa shape index (κ3) is 2.87. The highest BCUT2D eigenvalue weighted by Crippen LogP contribution is 2.41. The maximum Gasteiger partial charge on any atom is 0.118 e. The van der Waals surface area contributed by atoms with Gasteiger partial charge in [0.15, 0.2) is 0 Å². The minimum atomic E-state index is 0.241. The average Bonchev–Trinajstić information content (AvgIpc) is 2.56. The summed E-state index contributed by atoms with van der Waals surface area (Å²) >= 11 is 0. The van der Waals surface area contributed by atoms with E-state index < -0.39 is 0 Å². The van der Waals surface area contributed by atoms with Gasteiger partial charge in [-0.3, -0.25) is 0 Å². The Morgan fingerprint density at radius 2 is 1.67 bits per heavy atom. The predicted molar refractivity (Wildman–Crippen MR) is 88.6 cm³/mol. The fourth-order valence-corrected chi connectivity index (χ4v) is 3.13. The molecular formula is C20H22O. The monoisotopic (exact) mass is 278 g/mol. The molecule has 1 aliphatic rings. The first-order valence-electron chi connectivity index (χ1n) is 7.60. The Morgan fingerprint density at radius 3 is 2.24 bits per heavy atom. The Morgan fingerprint density at radius 1 is 0.952 bits per heavy atom. The zero-order valence-corrected chi connectivity index (χ0v) is 12.8. The molecule has 0 radical (unpaired) electrons. The van der Waals surface area contributed by atoms with Gasteiger partial charge in [0.1, 0.15) is 5.75 Å². The van der Waals surface area contributed by atoms with Gasteiger partial charge in [0.25, 0.3) is 0 Å². The van der Waals surface area contributed by atoms with Crippen molar-refractivity contribution in [3.63, 3.8) is 0 Å². The molecule has 108 valence electrons. The van der Waals surface area contributed by atoms with Gasteiger partial charge in [-0.1, -0.05) is 55.5 Å². The smallest absolute Gasteiger partial charge is 0.118 e. The molecule has 0 aromatic heterocycles. The van der Waals surface area contributed by atoms with Gasteiger partial charge in [0.05, 0.1) is 7.11 Å². The van der Waals surface area contributed by atoms with Crippen molar-refractivity contribution in [1.29, 1.82) is 0 Å². The van der Waals surface area contributed by atoms with Crippen molar-refractivity contribution in [1.82, 2.24) is 0 Å². The van der Waals surface area contributed by atoms with E-state index >= 15 is 0 Å². The van der Waals surface area contributed by atoms with Crippen LogP contribution in [-0.4, -0.2) is 7.11 Å². The lowest BCUT2D eigenvalue weighted by molar-refractivity contribution is 0.410. The van der Waals surface area contributed by atoms with E-state index in [1.54, 1.807) is 7.11 Å². The van der Waals surface area contributed by atoms with Crippen molar-refractivity contribution in [3.05, 3.63) is 71.8 Å². The number of allylic oxidation sites excluding steroid dienone is 2. The summed E-state index contributed by atoms with van der Waals surface area (Å²) in [5.41, 5.74) is 4.51. The quantitative estimate of drug-likeness (QED) is 0.748. The van der Waals surface area contributed by atoms with Crippen LogP contribution in [0.25, 0.3) is 5.57 Å². The van der Waals surface area contributed by atoms with Gasteiger partial charge in [-0.2, -0.15) is 0 Å². The number of hydrogen-bond acceptors (Lipinski definition) is 1. The molecule has 0 amide bonds. The molecule has 0 heterocycles. The van der Waals surface area contributed by atoms with Crippen molar-refractivity contribution >= 4 is 5.57 Å². The van der Waals surface area contributed by atoms with Crippen LogP contribution in [-0.2, 0) is 5.41 Å². The lowest BCUT2D eigenvalue weighted by Gasteiger charge is -2.33. The number of hydrogen-bond donors (Lipinski definition) is 0. The largest absolute Gasteiger partial charge is 0.497 e. The predicted octanol–water partition coefficient (Wildman–Crippen LogP) is 5.22. The summed E-state index contributed by atoms with van der Waals surface area (Å²) in [6.07, 6.45) is 5.86. The van der Waals surface area contributed by atoms with E-state index in [-0.39, 0.29) is 5.41 Å². The van der Waals surface area contributed by atoms with Crippen molar-refractivity contribution < 1.29 is 4.74 Å². The highest BCUT2D eigenvalue weighted by atomic mass is 16.5. The molecule has 2 aromatic rings. The molecule has 0 fully saturated rings. The molecule has 0 N–H and O–H groups in total. The average molecular weight is 278 g/mol. The van der Waals surface area contributed by atoms with Crippen molar-refractivity contribution in [2.45, 2.75) is 31.6 Å². The topological polar surface area (TPSA) is 9.23 Å². The van der Waals surface area contributed by atoms with E-state index in [1.165, 1.54) is 23.1 Å². The van der Waals surface area contributed by atoms with Crippen LogP contribution in [0.4, 0.5) is 0 Å².